The molecule has 3 nitrogen and oxygen atoms in total. The predicted molar refractivity (Wildman–Crippen MR) is 106 cm³/mol. The Labute approximate surface area is 152 Å². The minimum absolute atomic E-state index is 0.0775. The van der Waals surface area contributed by atoms with Crippen molar-refractivity contribution >= 4 is 10.9 Å². The minimum atomic E-state index is -0.0775. The normalized spacial score (nSPS) is 10.8. The molecule has 0 fully saturated rings. The standard InChI is InChI=1S/C23H19NO2/c1-26-23-21(18-12-6-3-7-13-18)24(16-17-10-4-2-5-11-17)20-15-9-8-14-19(20)22(23)25/h2-15H,16H2,1H3. The fraction of sp³-hybridized carbons (Fsp3) is 0.0870. The molecule has 4 aromatic rings. The Morgan fingerprint density at radius 2 is 1.42 bits per heavy atom. The van der Waals surface area contributed by atoms with E-state index in [1.807, 2.05) is 72.8 Å². The average Bonchev–Trinajstić information content (AvgIpc) is 2.71. The summed E-state index contributed by atoms with van der Waals surface area (Å²) < 4.78 is 7.75. The van der Waals surface area contributed by atoms with Gasteiger partial charge >= 0.3 is 0 Å². The lowest BCUT2D eigenvalue weighted by Gasteiger charge is -2.20. The van der Waals surface area contributed by atoms with Crippen LogP contribution in [0, 0.1) is 0 Å². The fourth-order valence-electron chi connectivity index (χ4n) is 3.38. The van der Waals surface area contributed by atoms with Gasteiger partial charge in [-0.15, -0.1) is 0 Å². The van der Waals surface area contributed by atoms with E-state index < -0.39 is 0 Å². The lowest BCUT2D eigenvalue weighted by Crippen LogP contribution is -2.16. The van der Waals surface area contributed by atoms with Gasteiger partial charge in [0, 0.05) is 17.5 Å². The van der Waals surface area contributed by atoms with Crippen molar-refractivity contribution in [3.05, 3.63) is 101 Å². The van der Waals surface area contributed by atoms with Crippen LogP contribution >= 0.6 is 0 Å². The number of methoxy groups -OCH3 is 1. The van der Waals surface area contributed by atoms with Crippen molar-refractivity contribution in [2.24, 2.45) is 0 Å². The molecule has 0 amide bonds. The van der Waals surface area contributed by atoms with Crippen LogP contribution in [0.3, 0.4) is 0 Å². The van der Waals surface area contributed by atoms with E-state index in [1.165, 1.54) is 5.56 Å². The maximum Gasteiger partial charge on any atom is 0.231 e. The molecular formula is C23H19NO2. The summed E-state index contributed by atoms with van der Waals surface area (Å²) in [7, 11) is 1.56. The first-order chi connectivity index (χ1) is 12.8. The van der Waals surface area contributed by atoms with Crippen molar-refractivity contribution in [2.45, 2.75) is 6.54 Å². The lowest BCUT2D eigenvalue weighted by atomic mass is 10.1. The molecule has 0 aliphatic rings. The first-order valence-corrected chi connectivity index (χ1v) is 8.58. The first kappa shape index (κ1) is 16.2. The number of para-hydroxylation sites is 1. The van der Waals surface area contributed by atoms with Gasteiger partial charge in [0.2, 0.25) is 5.43 Å². The molecule has 3 aromatic carbocycles. The zero-order valence-electron chi connectivity index (χ0n) is 14.6. The molecule has 1 aromatic heterocycles. The largest absolute Gasteiger partial charge is 0.491 e. The molecule has 0 unspecified atom stereocenters. The van der Waals surface area contributed by atoms with Gasteiger partial charge < -0.3 is 9.30 Å². The molecule has 0 spiro atoms. The Balaban J connectivity index is 2.09. The number of fused-ring (bicyclic) bond motifs is 1. The van der Waals surface area contributed by atoms with Crippen molar-refractivity contribution in [1.29, 1.82) is 0 Å². The van der Waals surface area contributed by atoms with Gasteiger partial charge in [0.25, 0.3) is 0 Å². The van der Waals surface area contributed by atoms with Gasteiger partial charge in [-0.3, -0.25) is 4.79 Å². The first-order valence-electron chi connectivity index (χ1n) is 8.58. The molecule has 26 heavy (non-hydrogen) atoms. The average molecular weight is 341 g/mol. The molecule has 3 heteroatoms. The highest BCUT2D eigenvalue weighted by atomic mass is 16.5. The molecule has 0 aliphatic carbocycles. The van der Waals surface area contributed by atoms with Gasteiger partial charge in [0.05, 0.1) is 18.3 Å². The van der Waals surface area contributed by atoms with Gasteiger partial charge in [-0.05, 0) is 17.7 Å². The van der Waals surface area contributed by atoms with Gasteiger partial charge in [-0.25, -0.2) is 0 Å². The zero-order chi connectivity index (χ0) is 17.9. The second kappa shape index (κ2) is 6.89. The fourth-order valence-corrected chi connectivity index (χ4v) is 3.38. The van der Waals surface area contributed by atoms with E-state index in [4.69, 9.17) is 4.74 Å². The monoisotopic (exact) mass is 341 g/mol. The number of benzene rings is 3. The van der Waals surface area contributed by atoms with Crippen LogP contribution in [0.2, 0.25) is 0 Å². The van der Waals surface area contributed by atoms with E-state index >= 15 is 0 Å². The Morgan fingerprint density at radius 1 is 0.808 bits per heavy atom. The van der Waals surface area contributed by atoms with Crippen LogP contribution in [-0.2, 0) is 6.54 Å². The van der Waals surface area contributed by atoms with Crippen LogP contribution in [0.4, 0.5) is 0 Å². The second-order valence-electron chi connectivity index (χ2n) is 6.17. The third-order valence-electron chi connectivity index (χ3n) is 4.57. The molecule has 0 radical (unpaired) electrons. The Kier molecular flexibility index (Phi) is 4.28. The molecular weight excluding hydrogens is 322 g/mol. The highest BCUT2D eigenvalue weighted by molar-refractivity contribution is 5.86. The molecule has 0 saturated carbocycles. The third-order valence-corrected chi connectivity index (χ3v) is 4.57. The highest BCUT2D eigenvalue weighted by Crippen LogP contribution is 2.31. The summed E-state index contributed by atoms with van der Waals surface area (Å²) in [6.45, 7) is 0.655. The Bertz CT molecular complexity index is 1100. The van der Waals surface area contributed by atoms with E-state index in [9.17, 15) is 4.79 Å². The number of pyridine rings is 1. The third kappa shape index (κ3) is 2.78. The zero-order valence-corrected chi connectivity index (χ0v) is 14.6. The number of nitrogens with zero attached hydrogens (tertiary/aromatic N) is 1. The summed E-state index contributed by atoms with van der Waals surface area (Å²) in [5.74, 6) is 0.380. The van der Waals surface area contributed by atoms with Crippen LogP contribution in [0.25, 0.3) is 22.2 Å². The van der Waals surface area contributed by atoms with Crippen LogP contribution in [0.5, 0.6) is 5.75 Å². The maximum atomic E-state index is 13.0. The number of hydrogen-bond donors (Lipinski definition) is 0. The van der Waals surface area contributed by atoms with E-state index in [0.717, 1.165) is 16.8 Å². The van der Waals surface area contributed by atoms with Gasteiger partial charge in [-0.2, -0.15) is 0 Å². The molecule has 0 aliphatic heterocycles. The smallest absolute Gasteiger partial charge is 0.231 e. The number of rotatable bonds is 4. The van der Waals surface area contributed by atoms with Crippen molar-refractivity contribution in [2.75, 3.05) is 7.11 Å². The number of hydrogen-bond acceptors (Lipinski definition) is 2. The summed E-state index contributed by atoms with van der Waals surface area (Å²) in [6, 6.07) is 27.9. The summed E-state index contributed by atoms with van der Waals surface area (Å²) in [6.07, 6.45) is 0. The maximum absolute atomic E-state index is 13.0. The van der Waals surface area contributed by atoms with Crippen LogP contribution in [-0.4, -0.2) is 11.7 Å². The van der Waals surface area contributed by atoms with Crippen LogP contribution < -0.4 is 10.2 Å². The molecule has 1 heterocycles. The second-order valence-corrected chi connectivity index (χ2v) is 6.17. The lowest BCUT2D eigenvalue weighted by molar-refractivity contribution is 0.409. The van der Waals surface area contributed by atoms with Crippen LogP contribution in [0.1, 0.15) is 5.56 Å². The van der Waals surface area contributed by atoms with E-state index in [0.29, 0.717) is 17.7 Å². The molecule has 128 valence electrons. The quantitative estimate of drug-likeness (QED) is 0.537. The minimum Gasteiger partial charge on any atom is -0.491 e. The van der Waals surface area contributed by atoms with Crippen molar-refractivity contribution in [1.82, 2.24) is 4.57 Å². The SMILES string of the molecule is COc1c(-c2ccccc2)n(Cc2ccccc2)c2ccccc2c1=O. The molecule has 0 N–H and O–H groups in total. The number of aromatic nitrogens is 1. The Hall–Kier alpha value is -3.33. The Morgan fingerprint density at radius 3 is 2.12 bits per heavy atom. The molecule has 0 atom stereocenters. The van der Waals surface area contributed by atoms with E-state index in [2.05, 4.69) is 16.7 Å². The van der Waals surface area contributed by atoms with E-state index in [-0.39, 0.29) is 5.43 Å². The van der Waals surface area contributed by atoms with Crippen LogP contribution in [0.15, 0.2) is 89.7 Å². The highest BCUT2D eigenvalue weighted by Gasteiger charge is 2.19. The van der Waals surface area contributed by atoms with Gasteiger partial charge in [0.15, 0.2) is 5.75 Å². The molecule has 0 bridgehead atoms. The summed E-state index contributed by atoms with van der Waals surface area (Å²) in [5, 5.41) is 0.667. The predicted octanol–water partition coefficient (Wildman–Crippen LogP) is 4.73. The molecule has 0 saturated heterocycles. The summed E-state index contributed by atoms with van der Waals surface area (Å²) in [5.41, 5.74) is 3.76. The molecule has 4 rings (SSSR count). The van der Waals surface area contributed by atoms with Gasteiger partial charge in [0.1, 0.15) is 0 Å². The van der Waals surface area contributed by atoms with Crippen molar-refractivity contribution < 1.29 is 4.74 Å². The number of ether oxygens (including phenoxy) is 1. The van der Waals surface area contributed by atoms with Crippen molar-refractivity contribution in [3.63, 3.8) is 0 Å². The topological polar surface area (TPSA) is 31.2 Å². The summed E-state index contributed by atoms with van der Waals surface area (Å²) >= 11 is 0. The van der Waals surface area contributed by atoms with Crippen molar-refractivity contribution in [3.8, 4) is 17.0 Å². The summed E-state index contributed by atoms with van der Waals surface area (Å²) in [4.78, 5) is 13.0. The van der Waals surface area contributed by atoms with E-state index in [1.54, 1.807) is 7.11 Å². The van der Waals surface area contributed by atoms with Gasteiger partial charge in [-0.1, -0.05) is 72.8 Å².